The quantitative estimate of drug-likeness (QED) is 0.394. The second kappa shape index (κ2) is 12.3. The average Bonchev–Trinajstić information content (AvgIpc) is 3.39. The van der Waals surface area contributed by atoms with Gasteiger partial charge in [-0.15, -0.1) is 0 Å². The van der Waals surface area contributed by atoms with Crippen LogP contribution < -0.4 is 15.5 Å². The molecule has 218 valence electrons. The van der Waals surface area contributed by atoms with Crippen molar-refractivity contribution in [2.24, 2.45) is 0 Å². The Hall–Kier alpha value is -3.32. The lowest BCUT2D eigenvalue weighted by molar-refractivity contribution is 0.0904. The third-order valence-electron chi connectivity index (χ3n) is 8.09. The molecule has 2 saturated heterocycles. The number of ether oxygens (including phenoxy) is 1. The highest BCUT2D eigenvalue weighted by Crippen LogP contribution is 2.30. The molecule has 41 heavy (non-hydrogen) atoms. The Bertz CT molecular complexity index is 1420. The van der Waals surface area contributed by atoms with Crippen LogP contribution in [-0.4, -0.2) is 88.5 Å². The van der Waals surface area contributed by atoms with Crippen molar-refractivity contribution in [1.29, 1.82) is 0 Å². The topological polar surface area (TPSA) is 106 Å². The van der Waals surface area contributed by atoms with Crippen LogP contribution in [-0.2, 0) is 28.7 Å². The zero-order valence-electron chi connectivity index (χ0n) is 23.2. The molecule has 2 fully saturated rings. The van der Waals surface area contributed by atoms with Gasteiger partial charge in [0.25, 0.3) is 5.91 Å². The van der Waals surface area contributed by atoms with E-state index in [0.717, 1.165) is 61.7 Å². The molecule has 6 rings (SSSR count). The summed E-state index contributed by atoms with van der Waals surface area (Å²) in [4.78, 5) is 18.5. The minimum atomic E-state index is -1.67. The van der Waals surface area contributed by atoms with Crippen LogP contribution in [0, 0.1) is 5.82 Å². The SMILES string of the molecule is CN1CCN(c2ccc(C(=O)Nc3n[nH]c4c3CN(S(=O)c3ccccc3F)CC4)c(NC3CCOCC3)c2)CC1. The summed E-state index contributed by atoms with van der Waals surface area (Å²) in [5.41, 5.74) is 4.06. The molecule has 1 unspecified atom stereocenters. The Morgan fingerprint density at radius 3 is 2.66 bits per heavy atom. The van der Waals surface area contributed by atoms with Gasteiger partial charge in [-0.2, -0.15) is 5.10 Å². The fourth-order valence-corrected chi connectivity index (χ4v) is 6.80. The smallest absolute Gasteiger partial charge is 0.258 e. The maximum absolute atomic E-state index is 14.3. The number of aromatic amines is 1. The van der Waals surface area contributed by atoms with Crippen LogP contribution in [0.3, 0.4) is 0 Å². The van der Waals surface area contributed by atoms with Gasteiger partial charge in [0.05, 0.1) is 10.5 Å². The molecule has 12 heteroatoms. The summed E-state index contributed by atoms with van der Waals surface area (Å²) in [7, 11) is 0.463. The molecule has 0 spiro atoms. The summed E-state index contributed by atoms with van der Waals surface area (Å²) in [5.74, 6) is -0.367. The van der Waals surface area contributed by atoms with E-state index in [0.29, 0.717) is 37.6 Å². The lowest BCUT2D eigenvalue weighted by Gasteiger charge is -2.34. The molecule has 0 radical (unpaired) electrons. The second-order valence-corrected chi connectivity index (χ2v) is 12.3. The molecule has 3 aromatic rings. The predicted octanol–water partition coefficient (Wildman–Crippen LogP) is 3.22. The molecular formula is C29H36FN7O3S. The second-order valence-electron chi connectivity index (χ2n) is 10.8. The van der Waals surface area contributed by atoms with E-state index in [9.17, 15) is 13.4 Å². The van der Waals surface area contributed by atoms with E-state index in [4.69, 9.17) is 4.74 Å². The highest BCUT2D eigenvalue weighted by Gasteiger charge is 2.29. The first kappa shape index (κ1) is 27.8. The third-order valence-corrected chi connectivity index (χ3v) is 9.57. The van der Waals surface area contributed by atoms with Crippen molar-refractivity contribution in [3.63, 3.8) is 0 Å². The summed E-state index contributed by atoms with van der Waals surface area (Å²) in [6.45, 7) is 6.01. The molecule has 1 atom stereocenters. The van der Waals surface area contributed by atoms with Gasteiger partial charge in [0.15, 0.2) is 5.82 Å². The van der Waals surface area contributed by atoms with Crippen LogP contribution in [0.25, 0.3) is 0 Å². The summed E-state index contributed by atoms with van der Waals surface area (Å²) >= 11 is 0. The zero-order chi connectivity index (χ0) is 28.3. The Balaban J connectivity index is 1.22. The molecular weight excluding hydrogens is 545 g/mol. The first-order chi connectivity index (χ1) is 20.0. The van der Waals surface area contributed by atoms with Crippen LogP contribution in [0.5, 0.6) is 0 Å². The van der Waals surface area contributed by atoms with Gasteiger partial charge in [0.2, 0.25) is 0 Å². The summed E-state index contributed by atoms with van der Waals surface area (Å²) in [6, 6.07) is 12.3. The molecule has 1 amide bonds. The van der Waals surface area contributed by atoms with E-state index in [-0.39, 0.29) is 23.4 Å². The standard InChI is InChI=1S/C29H36FN7O3S/c1-35-12-14-36(15-13-35)21-6-7-22(26(18-21)31-20-9-16-40-17-10-20)29(38)32-28-23-19-37(11-8-25(23)33-34-28)41(39)27-5-3-2-4-24(27)30/h2-7,18,20,31H,8-17,19H2,1H3,(H2,32,33,34,38). The number of anilines is 3. The Kier molecular flexibility index (Phi) is 8.33. The van der Waals surface area contributed by atoms with Gasteiger partial charge in [0, 0.05) is 87.6 Å². The van der Waals surface area contributed by atoms with Crippen LogP contribution in [0.2, 0.25) is 0 Å². The van der Waals surface area contributed by atoms with Crippen molar-refractivity contribution in [3.8, 4) is 0 Å². The number of hydrogen-bond acceptors (Lipinski definition) is 7. The van der Waals surface area contributed by atoms with Crippen LogP contribution in [0.1, 0.15) is 34.5 Å². The van der Waals surface area contributed by atoms with Gasteiger partial charge in [-0.05, 0) is 50.2 Å². The van der Waals surface area contributed by atoms with Crippen molar-refractivity contribution in [1.82, 2.24) is 19.4 Å². The number of halogens is 1. The molecule has 1 aromatic heterocycles. The van der Waals surface area contributed by atoms with E-state index < -0.39 is 16.8 Å². The Morgan fingerprint density at radius 1 is 1.10 bits per heavy atom. The lowest BCUT2D eigenvalue weighted by Crippen LogP contribution is -2.44. The third kappa shape index (κ3) is 6.15. The van der Waals surface area contributed by atoms with Gasteiger partial charge < -0.3 is 25.2 Å². The molecule has 3 aliphatic heterocycles. The van der Waals surface area contributed by atoms with Crippen molar-refractivity contribution >= 4 is 34.1 Å². The fourth-order valence-electron chi connectivity index (χ4n) is 5.59. The largest absolute Gasteiger partial charge is 0.381 e. The van der Waals surface area contributed by atoms with Crippen molar-refractivity contribution < 1.29 is 18.1 Å². The number of nitrogens with one attached hydrogen (secondary N) is 3. The molecule has 10 nitrogen and oxygen atoms in total. The summed E-state index contributed by atoms with van der Waals surface area (Å²) in [6.07, 6.45) is 2.32. The normalized spacial score (nSPS) is 19.5. The number of amides is 1. The molecule has 4 heterocycles. The molecule has 0 bridgehead atoms. The first-order valence-electron chi connectivity index (χ1n) is 14.2. The number of carbonyl (C=O) groups is 1. The molecule has 2 aromatic carbocycles. The number of rotatable bonds is 7. The molecule has 3 aliphatic rings. The van der Waals surface area contributed by atoms with Gasteiger partial charge in [-0.1, -0.05) is 12.1 Å². The van der Waals surface area contributed by atoms with Gasteiger partial charge in [-0.3, -0.25) is 9.89 Å². The number of H-pyrrole nitrogens is 1. The highest BCUT2D eigenvalue weighted by molar-refractivity contribution is 7.82. The van der Waals surface area contributed by atoms with Crippen molar-refractivity contribution in [3.05, 3.63) is 65.1 Å². The summed E-state index contributed by atoms with van der Waals surface area (Å²) < 4.78 is 34.7. The maximum Gasteiger partial charge on any atom is 0.258 e. The van der Waals surface area contributed by atoms with Crippen LogP contribution >= 0.6 is 0 Å². The van der Waals surface area contributed by atoms with Crippen LogP contribution in [0.15, 0.2) is 47.4 Å². The van der Waals surface area contributed by atoms with Gasteiger partial charge in [0.1, 0.15) is 16.8 Å². The summed E-state index contributed by atoms with van der Waals surface area (Å²) in [5, 5.41) is 14.0. The first-order valence-corrected chi connectivity index (χ1v) is 15.3. The lowest BCUT2D eigenvalue weighted by atomic mass is 10.1. The number of likely N-dealkylation sites (N-methyl/N-ethyl adjacent to an activating group) is 1. The van der Waals surface area contributed by atoms with E-state index in [2.05, 4.69) is 43.7 Å². The number of hydrogen-bond donors (Lipinski definition) is 3. The number of aromatic nitrogens is 2. The zero-order valence-corrected chi connectivity index (χ0v) is 24.0. The van der Waals surface area contributed by atoms with E-state index >= 15 is 0 Å². The average molecular weight is 582 g/mol. The number of carbonyl (C=O) groups excluding carboxylic acids is 1. The number of piperazine rings is 1. The monoisotopic (exact) mass is 581 g/mol. The predicted molar refractivity (Wildman–Crippen MR) is 157 cm³/mol. The van der Waals surface area contributed by atoms with E-state index in [1.807, 2.05) is 12.1 Å². The highest BCUT2D eigenvalue weighted by atomic mass is 32.2. The van der Waals surface area contributed by atoms with Crippen molar-refractivity contribution in [2.45, 2.75) is 36.7 Å². The van der Waals surface area contributed by atoms with E-state index in [1.165, 1.54) is 12.1 Å². The van der Waals surface area contributed by atoms with Crippen LogP contribution in [0.4, 0.5) is 21.6 Å². The maximum atomic E-state index is 14.3. The molecule has 0 aliphatic carbocycles. The fraction of sp³-hybridized carbons (Fsp3) is 0.448. The number of benzene rings is 2. The van der Waals surface area contributed by atoms with Gasteiger partial charge in [-0.25, -0.2) is 12.9 Å². The van der Waals surface area contributed by atoms with E-state index in [1.54, 1.807) is 16.4 Å². The molecule has 0 saturated carbocycles. The van der Waals surface area contributed by atoms with Crippen molar-refractivity contribution in [2.75, 3.05) is 68.5 Å². The molecule has 3 N–H and O–H groups in total. The Labute approximate surface area is 241 Å². The van der Waals surface area contributed by atoms with Gasteiger partial charge >= 0.3 is 0 Å². The number of fused-ring (bicyclic) bond motifs is 1. The number of nitrogens with zero attached hydrogens (tertiary/aromatic N) is 4. The minimum Gasteiger partial charge on any atom is -0.381 e. The Morgan fingerprint density at radius 2 is 1.88 bits per heavy atom. The minimum absolute atomic E-state index is 0.147.